The Kier molecular flexibility index (Phi) is 3.61. The maximum Gasteiger partial charge on any atom is 0.226 e. The van der Waals surface area contributed by atoms with Crippen LogP contribution < -0.4 is 5.32 Å². The van der Waals surface area contributed by atoms with Crippen molar-refractivity contribution < 1.29 is 4.52 Å². The zero-order chi connectivity index (χ0) is 13.3. The highest BCUT2D eigenvalue weighted by atomic mass is 16.5. The van der Waals surface area contributed by atoms with E-state index in [1.54, 1.807) is 0 Å². The number of hydrogen-bond donors (Lipinski definition) is 1. The molecule has 106 valence electrons. The Morgan fingerprint density at radius 3 is 2.74 bits per heavy atom. The van der Waals surface area contributed by atoms with Gasteiger partial charge in [-0.05, 0) is 56.5 Å². The highest BCUT2D eigenvalue weighted by Crippen LogP contribution is 2.41. The summed E-state index contributed by atoms with van der Waals surface area (Å²) in [6, 6.07) is 0. The van der Waals surface area contributed by atoms with E-state index in [0.717, 1.165) is 31.2 Å². The van der Waals surface area contributed by atoms with E-state index in [1.807, 2.05) is 0 Å². The van der Waals surface area contributed by atoms with Crippen molar-refractivity contribution in [2.75, 3.05) is 13.1 Å². The molecule has 3 rings (SSSR count). The van der Waals surface area contributed by atoms with Crippen molar-refractivity contribution in [3.63, 3.8) is 0 Å². The molecular formula is C15H25N3O. The zero-order valence-electron chi connectivity index (χ0n) is 12.1. The molecule has 1 saturated heterocycles. The van der Waals surface area contributed by atoms with E-state index in [0.29, 0.717) is 17.3 Å². The van der Waals surface area contributed by atoms with Gasteiger partial charge >= 0.3 is 0 Å². The summed E-state index contributed by atoms with van der Waals surface area (Å²) in [5.41, 5.74) is 0.499. The van der Waals surface area contributed by atoms with Crippen LogP contribution in [0.5, 0.6) is 0 Å². The van der Waals surface area contributed by atoms with Gasteiger partial charge in [-0.3, -0.25) is 0 Å². The van der Waals surface area contributed by atoms with Crippen molar-refractivity contribution in [3.05, 3.63) is 11.7 Å². The summed E-state index contributed by atoms with van der Waals surface area (Å²) in [5.74, 6) is 3.00. The summed E-state index contributed by atoms with van der Waals surface area (Å²) in [5, 5.41) is 7.61. The van der Waals surface area contributed by atoms with Gasteiger partial charge in [0.2, 0.25) is 5.89 Å². The van der Waals surface area contributed by atoms with Crippen molar-refractivity contribution in [2.45, 2.75) is 58.3 Å². The van der Waals surface area contributed by atoms with Gasteiger partial charge in [0.1, 0.15) is 0 Å². The molecule has 1 aromatic heterocycles. The second kappa shape index (κ2) is 5.23. The van der Waals surface area contributed by atoms with Crippen molar-refractivity contribution in [2.24, 2.45) is 11.3 Å². The maximum absolute atomic E-state index is 5.44. The molecule has 0 amide bonds. The normalized spacial score (nSPS) is 27.8. The smallest absolute Gasteiger partial charge is 0.226 e. The van der Waals surface area contributed by atoms with Gasteiger partial charge in [0.25, 0.3) is 0 Å². The van der Waals surface area contributed by atoms with E-state index in [4.69, 9.17) is 4.52 Å². The van der Waals surface area contributed by atoms with Crippen LogP contribution in [0, 0.1) is 11.3 Å². The van der Waals surface area contributed by atoms with Crippen LogP contribution in [-0.2, 0) is 6.42 Å². The highest BCUT2D eigenvalue weighted by Gasteiger charge is 2.30. The second-order valence-electron chi connectivity index (χ2n) is 7.05. The Bertz CT molecular complexity index is 411. The standard InChI is InChI=1S/C15H25N3O/c1-15(2)6-3-12(4-7-15)14-17-13(19-18-14)9-11-5-8-16-10-11/h11-12,16H,3-10H2,1-2H3. The molecular weight excluding hydrogens is 238 g/mol. The third-order valence-electron chi connectivity index (χ3n) is 4.81. The molecule has 2 fully saturated rings. The summed E-state index contributed by atoms with van der Waals surface area (Å²) in [6.45, 7) is 6.94. The van der Waals surface area contributed by atoms with Crippen LogP contribution in [0.15, 0.2) is 4.52 Å². The minimum atomic E-state index is 0.499. The predicted octanol–water partition coefficient (Wildman–Crippen LogP) is 2.91. The zero-order valence-corrected chi connectivity index (χ0v) is 12.1. The lowest BCUT2D eigenvalue weighted by atomic mass is 9.73. The molecule has 0 bridgehead atoms. The van der Waals surface area contributed by atoms with Gasteiger partial charge in [-0.1, -0.05) is 19.0 Å². The van der Waals surface area contributed by atoms with Crippen LogP contribution in [0.4, 0.5) is 0 Å². The van der Waals surface area contributed by atoms with Crippen LogP contribution in [-0.4, -0.2) is 23.2 Å². The first-order valence-electron chi connectivity index (χ1n) is 7.66. The van der Waals surface area contributed by atoms with Gasteiger partial charge in [-0.2, -0.15) is 4.98 Å². The molecule has 19 heavy (non-hydrogen) atoms. The van der Waals surface area contributed by atoms with Crippen LogP contribution >= 0.6 is 0 Å². The maximum atomic E-state index is 5.44. The molecule has 0 radical (unpaired) electrons. The molecule has 1 atom stereocenters. The summed E-state index contributed by atoms with van der Waals surface area (Å²) >= 11 is 0. The third kappa shape index (κ3) is 3.16. The van der Waals surface area contributed by atoms with E-state index in [9.17, 15) is 0 Å². The average Bonchev–Trinajstić information content (AvgIpc) is 3.01. The van der Waals surface area contributed by atoms with E-state index in [2.05, 4.69) is 29.3 Å². The Morgan fingerprint density at radius 2 is 2.05 bits per heavy atom. The summed E-state index contributed by atoms with van der Waals surface area (Å²) in [6.07, 6.45) is 7.13. The molecule has 0 spiro atoms. The fraction of sp³-hybridized carbons (Fsp3) is 0.867. The molecule has 1 aliphatic heterocycles. The van der Waals surface area contributed by atoms with Crippen LogP contribution in [0.25, 0.3) is 0 Å². The minimum absolute atomic E-state index is 0.499. The Morgan fingerprint density at radius 1 is 1.26 bits per heavy atom. The van der Waals surface area contributed by atoms with Crippen LogP contribution in [0.1, 0.15) is 63.6 Å². The van der Waals surface area contributed by atoms with Crippen molar-refractivity contribution in [1.29, 1.82) is 0 Å². The van der Waals surface area contributed by atoms with E-state index in [-0.39, 0.29) is 0 Å². The molecule has 2 aliphatic rings. The van der Waals surface area contributed by atoms with E-state index in [1.165, 1.54) is 32.1 Å². The SMILES string of the molecule is CC1(C)CCC(c2noc(CC3CCNC3)n2)CC1. The summed E-state index contributed by atoms with van der Waals surface area (Å²) in [7, 11) is 0. The van der Waals surface area contributed by atoms with Gasteiger partial charge in [-0.25, -0.2) is 0 Å². The summed E-state index contributed by atoms with van der Waals surface area (Å²) in [4.78, 5) is 4.64. The number of nitrogens with zero attached hydrogens (tertiary/aromatic N) is 2. The molecule has 4 heteroatoms. The van der Waals surface area contributed by atoms with Gasteiger partial charge in [0.05, 0.1) is 0 Å². The molecule has 1 saturated carbocycles. The molecule has 1 aliphatic carbocycles. The first-order chi connectivity index (χ1) is 9.12. The predicted molar refractivity (Wildman–Crippen MR) is 74.0 cm³/mol. The second-order valence-corrected chi connectivity index (χ2v) is 7.05. The number of rotatable bonds is 3. The van der Waals surface area contributed by atoms with Gasteiger partial charge in [-0.15, -0.1) is 0 Å². The molecule has 2 heterocycles. The Hall–Kier alpha value is -0.900. The third-order valence-corrected chi connectivity index (χ3v) is 4.81. The van der Waals surface area contributed by atoms with Crippen molar-refractivity contribution in [3.8, 4) is 0 Å². The number of aromatic nitrogens is 2. The highest BCUT2D eigenvalue weighted by molar-refractivity contribution is 4.99. The quantitative estimate of drug-likeness (QED) is 0.911. The first kappa shape index (κ1) is 13.1. The fourth-order valence-electron chi connectivity index (χ4n) is 3.31. The lowest BCUT2D eigenvalue weighted by Crippen LogP contribution is -2.20. The van der Waals surface area contributed by atoms with E-state index < -0.39 is 0 Å². The molecule has 1 unspecified atom stereocenters. The van der Waals surface area contributed by atoms with Crippen LogP contribution in [0.3, 0.4) is 0 Å². The van der Waals surface area contributed by atoms with Gasteiger partial charge in [0.15, 0.2) is 5.82 Å². The monoisotopic (exact) mass is 263 g/mol. The largest absolute Gasteiger partial charge is 0.339 e. The first-order valence-corrected chi connectivity index (χ1v) is 7.66. The number of nitrogens with one attached hydrogen (secondary N) is 1. The fourth-order valence-corrected chi connectivity index (χ4v) is 3.31. The van der Waals surface area contributed by atoms with Gasteiger partial charge < -0.3 is 9.84 Å². The van der Waals surface area contributed by atoms with Crippen molar-refractivity contribution >= 4 is 0 Å². The number of hydrogen-bond acceptors (Lipinski definition) is 4. The lowest BCUT2D eigenvalue weighted by Gasteiger charge is -2.32. The Balaban J connectivity index is 1.58. The minimum Gasteiger partial charge on any atom is -0.339 e. The molecule has 1 aromatic rings. The van der Waals surface area contributed by atoms with Crippen LogP contribution in [0.2, 0.25) is 0 Å². The van der Waals surface area contributed by atoms with Crippen molar-refractivity contribution in [1.82, 2.24) is 15.5 Å². The topological polar surface area (TPSA) is 51.0 Å². The molecule has 4 nitrogen and oxygen atoms in total. The molecule has 0 aromatic carbocycles. The lowest BCUT2D eigenvalue weighted by molar-refractivity contribution is 0.218. The average molecular weight is 263 g/mol. The Labute approximate surface area is 115 Å². The van der Waals surface area contributed by atoms with E-state index >= 15 is 0 Å². The summed E-state index contributed by atoms with van der Waals surface area (Å²) < 4.78 is 5.44. The van der Waals surface area contributed by atoms with Gasteiger partial charge in [0, 0.05) is 12.3 Å². The molecule has 1 N–H and O–H groups in total.